The van der Waals surface area contributed by atoms with Gasteiger partial charge in [0.1, 0.15) is 29.5 Å². The number of aromatic nitrogens is 3. The monoisotopic (exact) mass is 392 g/mol. The fraction of sp³-hybridized carbons (Fsp3) is 0.294. The van der Waals surface area contributed by atoms with Crippen molar-refractivity contribution in [2.24, 2.45) is 0 Å². The molecule has 0 fully saturated rings. The molecule has 2 aromatic heterocycles. The van der Waals surface area contributed by atoms with Gasteiger partial charge in [-0.05, 0) is 19.1 Å². The Balaban J connectivity index is 1.60. The quantitative estimate of drug-likeness (QED) is 0.604. The molecule has 27 heavy (non-hydrogen) atoms. The van der Waals surface area contributed by atoms with Crippen LogP contribution in [0.4, 0.5) is 0 Å². The number of methoxy groups -OCH3 is 1. The first-order valence-electron chi connectivity index (χ1n) is 7.93. The molecular weight excluding hydrogens is 376 g/mol. The lowest BCUT2D eigenvalue weighted by Gasteiger charge is -2.13. The van der Waals surface area contributed by atoms with Gasteiger partial charge < -0.3 is 18.9 Å². The van der Waals surface area contributed by atoms with Crippen LogP contribution < -0.4 is 9.47 Å². The van der Waals surface area contributed by atoms with E-state index in [-0.39, 0.29) is 24.8 Å². The van der Waals surface area contributed by atoms with Gasteiger partial charge >= 0.3 is 0 Å². The van der Waals surface area contributed by atoms with E-state index < -0.39 is 0 Å². The summed E-state index contributed by atoms with van der Waals surface area (Å²) in [4.78, 5) is 13.9. The zero-order valence-electron chi connectivity index (χ0n) is 14.9. The van der Waals surface area contributed by atoms with Crippen molar-refractivity contribution in [3.63, 3.8) is 0 Å². The van der Waals surface area contributed by atoms with E-state index in [1.165, 1.54) is 11.0 Å². The first-order valence-corrected chi connectivity index (χ1v) is 8.31. The molecule has 2 heterocycles. The maximum Gasteiger partial charge on any atom is 0.276 e. The Morgan fingerprint density at radius 1 is 1.26 bits per heavy atom. The minimum Gasteiger partial charge on any atom is -0.497 e. The fourth-order valence-corrected chi connectivity index (χ4v) is 2.47. The molecule has 0 aliphatic rings. The number of halogens is 1. The molecule has 0 radical (unpaired) electrons. The number of rotatable bonds is 7. The molecule has 0 unspecified atom stereocenters. The first kappa shape index (κ1) is 18.7. The van der Waals surface area contributed by atoms with Gasteiger partial charge in [-0.1, -0.05) is 27.1 Å². The second-order valence-electron chi connectivity index (χ2n) is 5.72. The summed E-state index contributed by atoms with van der Waals surface area (Å²) in [5.74, 6) is 1.15. The summed E-state index contributed by atoms with van der Waals surface area (Å²) >= 11 is 6.12. The van der Waals surface area contributed by atoms with Gasteiger partial charge in [0.25, 0.3) is 5.91 Å². The molecule has 10 heteroatoms. The van der Waals surface area contributed by atoms with Crippen molar-refractivity contribution in [1.29, 1.82) is 0 Å². The van der Waals surface area contributed by atoms with Crippen LogP contribution >= 0.6 is 11.6 Å². The predicted molar refractivity (Wildman–Crippen MR) is 93.7 cm³/mol. The van der Waals surface area contributed by atoms with Gasteiger partial charge in [0.15, 0.2) is 11.5 Å². The third kappa shape index (κ3) is 4.37. The highest BCUT2D eigenvalue weighted by Crippen LogP contribution is 2.29. The Hall–Kier alpha value is -3.07. The van der Waals surface area contributed by atoms with E-state index in [1.54, 1.807) is 39.3 Å². The van der Waals surface area contributed by atoms with Crippen LogP contribution in [0.1, 0.15) is 27.6 Å². The third-order valence-corrected chi connectivity index (χ3v) is 4.06. The maximum absolute atomic E-state index is 12.4. The van der Waals surface area contributed by atoms with Crippen LogP contribution in [0.3, 0.4) is 0 Å². The van der Waals surface area contributed by atoms with E-state index in [0.29, 0.717) is 33.7 Å². The zero-order valence-corrected chi connectivity index (χ0v) is 15.7. The van der Waals surface area contributed by atoms with Crippen LogP contribution in [-0.4, -0.2) is 40.4 Å². The lowest BCUT2D eigenvalue weighted by molar-refractivity contribution is 0.0771. The van der Waals surface area contributed by atoms with Gasteiger partial charge in [0.05, 0.1) is 18.7 Å². The van der Waals surface area contributed by atoms with Crippen molar-refractivity contribution in [3.8, 4) is 11.5 Å². The van der Waals surface area contributed by atoms with Crippen LogP contribution in [0.15, 0.2) is 33.4 Å². The summed E-state index contributed by atoms with van der Waals surface area (Å²) in [5.41, 5.74) is 1.36. The van der Waals surface area contributed by atoms with Crippen molar-refractivity contribution < 1.29 is 23.4 Å². The van der Waals surface area contributed by atoms with E-state index in [9.17, 15) is 4.79 Å². The third-order valence-electron chi connectivity index (χ3n) is 3.77. The summed E-state index contributed by atoms with van der Waals surface area (Å²) in [6.07, 6.45) is 0. The van der Waals surface area contributed by atoms with Gasteiger partial charge in [-0.15, -0.1) is 0 Å². The molecule has 1 amide bonds. The predicted octanol–water partition coefficient (Wildman–Crippen LogP) is 2.88. The van der Waals surface area contributed by atoms with Crippen LogP contribution in [-0.2, 0) is 13.2 Å². The number of hydrogen-bond acceptors (Lipinski definition) is 8. The summed E-state index contributed by atoms with van der Waals surface area (Å²) in [5, 5.41) is 11.6. The van der Waals surface area contributed by atoms with Crippen molar-refractivity contribution in [2.75, 3.05) is 14.2 Å². The van der Waals surface area contributed by atoms with Gasteiger partial charge in [-0.2, -0.15) is 0 Å². The standard InChI is InChI=1S/C17H17ClN4O5/c1-10-15(21-27-19-10)8-22(2)17(23)14-7-12(26-20-14)9-25-16-5-4-11(24-3)6-13(16)18/h4-7H,8-9H2,1-3H3. The highest BCUT2D eigenvalue weighted by molar-refractivity contribution is 6.32. The molecular formula is C17H17ClN4O5. The van der Waals surface area contributed by atoms with E-state index in [1.807, 2.05) is 0 Å². The highest BCUT2D eigenvalue weighted by Gasteiger charge is 2.19. The Morgan fingerprint density at radius 2 is 2.07 bits per heavy atom. The molecule has 3 rings (SSSR count). The van der Waals surface area contributed by atoms with E-state index in [0.717, 1.165) is 0 Å². The molecule has 0 saturated heterocycles. The molecule has 0 saturated carbocycles. The number of hydrogen-bond donors (Lipinski definition) is 0. The molecule has 142 valence electrons. The Labute approximate surface area is 159 Å². The number of carbonyl (C=O) groups excluding carboxylic acids is 1. The number of nitrogens with zero attached hydrogens (tertiary/aromatic N) is 4. The van der Waals surface area contributed by atoms with E-state index in [2.05, 4.69) is 20.1 Å². The van der Waals surface area contributed by atoms with Gasteiger partial charge in [-0.3, -0.25) is 4.79 Å². The van der Waals surface area contributed by atoms with Gasteiger partial charge in [0, 0.05) is 19.2 Å². The molecule has 0 atom stereocenters. The fourth-order valence-electron chi connectivity index (χ4n) is 2.24. The number of ether oxygens (including phenoxy) is 2. The van der Waals surface area contributed by atoms with Crippen LogP contribution in [0, 0.1) is 6.92 Å². The van der Waals surface area contributed by atoms with Crippen LogP contribution in [0.2, 0.25) is 5.02 Å². The zero-order chi connectivity index (χ0) is 19.4. The second kappa shape index (κ2) is 8.09. The average molecular weight is 393 g/mol. The molecule has 0 spiro atoms. The van der Waals surface area contributed by atoms with Crippen molar-refractivity contribution in [3.05, 3.63) is 52.1 Å². The SMILES string of the molecule is COc1ccc(OCc2cc(C(=O)N(C)Cc3nonc3C)no2)c(Cl)c1. The second-order valence-corrected chi connectivity index (χ2v) is 6.13. The van der Waals surface area contributed by atoms with E-state index in [4.69, 9.17) is 25.6 Å². The number of benzene rings is 1. The molecule has 1 aromatic carbocycles. The van der Waals surface area contributed by atoms with Crippen LogP contribution in [0.5, 0.6) is 11.5 Å². The topological polar surface area (TPSA) is 104 Å². The average Bonchev–Trinajstić information content (AvgIpc) is 3.29. The highest BCUT2D eigenvalue weighted by atomic mass is 35.5. The molecule has 0 aliphatic heterocycles. The van der Waals surface area contributed by atoms with Gasteiger partial charge in [-0.25, -0.2) is 4.63 Å². The van der Waals surface area contributed by atoms with Gasteiger partial charge in [0.2, 0.25) is 0 Å². The Morgan fingerprint density at radius 3 is 2.74 bits per heavy atom. The maximum atomic E-state index is 12.4. The molecule has 3 aromatic rings. The first-order chi connectivity index (χ1) is 13.0. The lowest BCUT2D eigenvalue weighted by atomic mass is 10.3. The van der Waals surface area contributed by atoms with Crippen molar-refractivity contribution in [1.82, 2.24) is 20.4 Å². The van der Waals surface area contributed by atoms with Crippen molar-refractivity contribution in [2.45, 2.75) is 20.1 Å². The smallest absolute Gasteiger partial charge is 0.276 e. The molecule has 0 N–H and O–H groups in total. The number of aryl methyl sites for hydroxylation is 1. The largest absolute Gasteiger partial charge is 0.497 e. The molecule has 9 nitrogen and oxygen atoms in total. The summed E-state index contributed by atoms with van der Waals surface area (Å²) in [6, 6.07) is 6.57. The van der Waals surface area contributed by atoms with Crippen molar-refractivity contribution >= 4 is 17.5 Å². The molecule has 0 bridgehead atoms. The molecule has 0 aliphatic carbocycles. The Kier molecular flexibility index (Phi) is 5.60. The number of amides is 1. The minimum atomic E-state index is -0.324. The minimum absolute atomic E-state index is 0.0718. The lowest BCUT2D eigenvalue weighted by Crippen LogP contribution is -2.26. The summed E-state index contributed by atoms with van der Waals surface area (Å²) in [6.45, 7) is 2.07. The number of carbonyl (C=O) groups is 1. The Bertz CT molecular complexity index is 939. The summed E-state index contributed by atoms with van der Waals surface area (Å²) < 4.78 is 20.5. The summed E-state index contributed by atoms with van der Waals surface area (Å²) in [7, 11) is 3.18. The van der Waals surface area contributed by atoms with E-state index >= 15 is 0 Å². The van der Waals surface area contributed by atoms with Crippen LogP contribution in [0.25, 0.3) is 0 Å². The normalized spacial score (nSPS) is 10.7.